The molecule has 0 radical (unpaired) electrons. The molecule has 2 aromatic carbocycles. The van der Waals surface area contributed by atoms with Gasteiger partial charge in [-0.25, -0.2) is 4.99 Å². The first kappa shape index (κ1) is 21.1. The van der Waals surface area contributed by atoms with Crippen molar-refractivity contribution in [1.29, 1.82) is 0 Å². The van der Waals surface area contributed by atoms with Gasteiger partial charge >= 0.3 is 0 Å². The Morgan fingerprint density at radius 2 is 1.75 bits per heavy atom. The zero-order valence-corrected chi connectivity index (χ0v) is 19.7. The Labute approximate surface area is 194 Å². The Morgan fingerprint density at radius 3 is 2.53 bits per heavy atom. The third-order valence-electron chi connectivity index (χ3n) is 6.94. The minimum Gasteiger partial charge on any atom is -0.347 e. The summed E-state index contributed by atoms with van der Waals surface area (Å²) in [6, 6.07) is 18.6. The van der Waals surface area contributed by atoms with Crippen molar-refractivity contribution in [2.24, 2.45) is 18.0 Å². The van der Waals surface area contributed by atoms with Gasteiger partial charge in [0.25, 0.3) is 5.91 Å². The molecule has 4 nitrogen and oxygen atoms in total. The second-order valence-electron chi connectivity index (χ2n) is 8.92. The van der Waals surface area contributed by atoms with E-state index in [9.17, 15) is 4.79 Å². The van der Waals surface area contributed by atoms with Crippen LogP contribution in [-0.2, 0) is 11.8 Å². The first-order valence-electron chi connectivity index (χ1n) is 11.5. The number of thioether (sulfide) groups is 1. The molecule has 0 N–H and O–H groups in total. The van der Waals surface area contributed by atoms with Crippen molar-refractivity contribution in [1.82, 2.24) is 9.47 Å². The predicted octanol–water partition coefficient (Wildman–Crippen LogP) is 6.67. The van der Waals surface area contributed by atoms with E-state index < -0.39 is 0 Å². The molecule has 1 aliphatic carbocycles. The number of amidine groups is 1. The summed E-state index contributed by atoms with van der Waals surface area (Å²) in [5, 5.41) is 1.99. The van der Waals surface area contributed by atoms with Gasteiger partial charge in [-0.2, -0.15) is 0 Å². The van der Waals surface area contributed by atoms with Gasteiger partial charge in [-0.05, 0) is 61.7 Å². The van der Waals surface area contributed by atoms with Crippen LogP contribution in [0.25, 0.3) is 17.0 Å². The normalized spacial score (nSPS) is 24.2. The van der Waals surface area contributed by atoms with Gasteiger partial charge in [0.05, 0.1) is 10.6 Å². The number of rotatable bonds is 3. The Bertz CT molecular complexity index is 1220. The average Bonchev–Trinajstić information content (AvgIpc) is 3.24. The second-order valence-corrected chi connectivity index (χ2v) is 9.93. The Hall–Kier alpha value is -2.79. The molecule has 0 bridgehead atoms. The van der Waals surface area contributed by atoms with Crippen LogP contribution in [0.15, 0.2) is 64.5 Å². The minimum atomic E-state index is 0.0933. The maximum absolute atomic E-state index is 13.8. The van der Waals surface area contributed by atoms with E-state index in [1.165, 1.54) is 41.9 Å². The molecule has 1 saturated carbocycles. The lowest BCUT2D eigenvalue weighted by Gasteiger charge is -2.35. The lowest BCUT2D eigenvalue weighted by molar-refractivity contribution is -0.124. The highest BCUT2D eigenvalue weighted by atomic mass is 32.2. The van der Waals surface area contributed by atoms with E-state index in [0.717, 1.165) is 33.4 Å². The van der Waals surface area contributed by atoms with Crippen molar-refractivity contribution in [3.63, 3.8) is 0 Å². The standard InChI is InChI=1S/C27H29N3OS/c1-18-11-7-9-15-23(18)30-26(31)25(32-27(30)28-20-12-5-4-6-13-20)17-22-19(2)29(3)24-16-10-8-14-21(22)24/h4-6,8,10,12-14,16-18,23H,7,9,11,15H2,1-3H3/b25-17-,28-27?/t18-,23+/m1/s1. The summed E-state index contributed by atoms with van der Waals surface area (Å²) in [7, 11) is 2.08. The van der Waals surface area contributed by atoms with E-state index in [4.69, 9.17) is 4.99 Å². The van der Waals surface area contributed by atoms with Gasteiger partial charge in [-0.15, -0.1) is 0 Å². The van der Waals surface area contributed by atoms with E-state index in [-0.39, 0.29) is 11.9 Å². The number of amides is 1. The number of hydrogen-bond donors (Lipinski definition) is 0. The van der Waals surface area contributed by atoms with Crippen LogP contribution < -0.4 is 0 Å². The quantitative estimate of drug-likeness (QED) is 0.424. The molecule has 1 aliphatic heterocycles. The Kier molecular flexibility index (Phi) is 5.68. The molecule has 1 saturated heterocycles. The van der Waals surface area contributed by atoms with Gasteiger partial charge in [0.2, 0.25) is 0 Å². The van der Waals surface area contributed by atoms with Crippen molar-refractivity contribution in [2.75, 3.05) is 0 Å². The van der Waals surface area contributed by atoms with Crippen LogP contribution in [0, 0.1) is 12.8 Å². The minimum absolute atomic E-state index is 0.0933. The molecule has 1 aromatic heterocycles. The van der Waals surface area contributed by atoms with Crippen molar-refractivity contribution in [3.05, 3.63) is 70.8 Å². The highest BCUT2D eigenvalue weighted by molar-refractivity contribution is 8.18. The smallest absolute Gasteiger partial charge is 0.267 e. The fraction of sp³-hybridized carbons (Fsp3) is 0.333. The Balaban J connectivity index is 1.60. The molecule has 0 spiro atoms. The number of hydrogen-bond acceptors (Lipinski definition) is 3. The predicted molar refractivity (Wildman–Crippen MR) is 135 cm³/mol. The van der Waals surface area contributed by atoms with Gasteiger partial charge in [0.1, 0.15) is 0 Å². The van der Waals surface area contributed by atoms with E-state index in [1.54, 1.807) is 0 Å². The number of carbonyl (C=O) groups is 1. The van der Waals surface area contributed by atoms with E-state index in [2.05, 4.69) is 55.8 Å². The first-order valence-corrected chi connectivity index (χ1v) is 12.3. The molecule has 5 heteroatoms. The van der Waals surface area contributed by atoms with Gasteiger partial charge < -0.3 is 4.57 Å². The van der Waals surface area contributed by atoms with Crippen molar-refractivity contribution in [2.45, 2.75) is 45.6 Å². The zero-order chi connectivity index (χ0) is 22.2. The fourth-order valence-corrected chi connectivity index (χ4v) is 6.04. The fourth-order valence-electron chi connectivity index (χ4n) is 5.01. The van der Waals surface area contributed by atoms with Crippen molar-refractivity contribution in [3.8, 4) is 0 Å². The average molecular weight is 444 g/mol. The van der Waals surface area contributed by atoms with Crippen LogP contribution >= 0.6 is 11.8 Å². The number of aromatic nitrogens is 1. The molecule has 0 unspecified atom stereocenters. The number of benzene rings is 2. The monoisotopic (exact) mass is 443 g/mol. The summed E-state index contributed by atoms with van der Waals surface area (Å²) < 4.78 is 2.20. The molecular weight excluding hydrogens is 414 g/mol. The van der Waals surface area contributed by atoms with Crippen LogP contribution in [0.4, 0.5) is 5.69 Å². The summed E-state index contributed by atoms with van der Waals surface area (Å²) in [6.07, 6.45) is 6.71. The van der Waals surface area contributed by atoms with Crippen LogP contribution in [0.5, 0.6) is 0 Å². The molecule has 32 heavy (non-hydrogen) atoms. The maximum Gasteiger partial charge on any atom is 0.267 e. The summed E-state index contributed by atoms with van der Waals surface area (Å²) in [4.78, 5) is 21.4. The molecule has 2 fully saturated rings. The summed E-state index contributed by atoms with van der Waals surface area (Å²) in [6.45, 7) is 4.40. The molecule has 164 valence electrons. The molecule has 2 aliphatic rings. The molecular formula is C27H29N3OS. The third kappa shape index (κ3) is 3.69. The number of nitrogens with zero attached hydrogens (tertiary/aromatic N) is 3. The summed E-state index contributed by atoms with van der Waals surface area (Å²) in [5.41, 5.74) is 4.36. The zero-order valence-electron chi connectivity index (χ0n) is 18.9. The number of carbonyl (C=O) groups excluding carboxylic acids is 1. The van der Waals surface area contributed by atoms with E-state index in [0.29, 0.717) is 5.92 Å². The number of aliphatic imine (C=N–C) groups is 1. The summed E-state index contributed by atoms with van der Waals surface area (Å²) >= 11 is 1.52. The second kappa shape index (κ2) is 8.62. The third-order valence-corrected chi connectivity index (χ3v) is 7.92. The topological polar surface area (TPSA) is 37.6 Å². The van der Waals surface area contributed by atoms with Gasteiger partial charge in [0, 0.05) is 35.2 Å². The highest BCUT2D eigenvalue weighted by Gasteiger charge is 2.41. The van der Waals surface area contributed by atoms with Crippen LogP contribution in [-0.4, -0.2) is 26.6 Å². The molecule has 2 heterocycles. The van der Waals surface area contributed by atoms with Crippen LogP contribution in [0.3, 0.4) is 0 Å². The van der Waals surface area contributed by atoms with E-state index in [1.807, 2.05) is 35.2 Å². The lowest BCUT2D eigenvalue weighted by Crippen LogP contribution is -2.44. The SMILES string of the molecule is Cc1c(/C=C2\SC(=Nc3ccccc3)N([C@H]3CCCC[C@H]3C)C2=O)c2ccccc2n1C. The lowest BCUT2D eigenvalue weighted by atomic mass is 9.85. The molecule has 2 atom stereocenters. The van der Waals surface area contributed by atoms with Crippen LogP contribution in [0.1, 0.15) is 43.9 Å². The number of fused-ring (bicyclic) bond motifs is 1. The summed E-state index contributed by atoms with van der Waals surface area (Å²) in [5.74, 6) is 0.573. The largest absolute Gasteiger partial charge is 0.347 e. The van der Waals surface area contributed by atoms with Crippen molar-refractivity contribution < 1.29 is 4.79 Å². The molecule has 5 rings (SSSR count). The molecule has 3 aromatic rings. The van der Waals surface area contributed by atoms with Crippen LogP contribution in [0.2, 0.25) is 0 Å². The van der Waals surface area contributed by atoms with Gasteiger partial charge in [-0.1, -0.05) is 56.2 Å². The molecule has 1 amide bonds. The maximum atomic E-state index is 13.8. The Morgan fingerprint density at radius 1 is 1.03 bits per heavy atom. The van der Waals surface area contributed by atoms with E-state index >= 15 is 0 Å². The number of para-hydroxylation sites is 2. The van der Waals surface area contributed by atoms with Crippen molar-refractivity contribution >= 4 is 45.5 Å². The van der Waals surface area contributed by atoms with Gasteiger partial charge in [0.15, 0.2) is 5.17 Å². The number of aryl methyl sites for hydroxylation is 1. The van der Waals surface area contributed by atoms with Gasteiger partial charge in [-0.3, -0.25) is 9.69 Å². The first-order chi connectivity index (χ1) is 15.5. The highest BCUT2D eigenvalue weighted by Crippen LogP contribution is 2.41.